The molecule has 3 aromatic heterocycles. The van der Waals surface area contributed by atoms with Gasteiger partial charge in [0.15, 0.2) is 5.58 Å². The number of rotatable bonds is 3. The summed E-state index contributed by atoms with van der Waals surface area (Å²) in [5.74, 6) is 0. The summed E-state index contributed by atoms with van der Waals surface area (Å²) >= 11 is 0. The molecule has 0 saturated carbocycles. The number of aromatic nitrogens is 2. The molecule has 3 heterocycles. The lowest BCUT2D eigenvalue weighted by atomic mass is 9.87. The fraction of sp³-hybridized carbons (Fsp3) is 0. The SMILES string of the molecule is c1ccc(-n2c3ccccc3c3cc(-c4c5ccccc5c(-c5cc6c(cn5)oc5ccccc56)c5ccccc45)ccc32)cc1. The van der Waals surface area contributed by atoms with Crippen LogP contribution in [-0.2, 0) is 0 Å². The van der Waals surface area contributed by atoms with Crippen LogP contribution in [0.2, 0.25) is 0 Å². The minimum absolute atomic E-state index is 0.804. The predicted molar refractivity (Wildman–Crippen MR) is 192 cm³/mol. The van der Waals surface area contributed by atoms with Crippen molar-refractivity contribution in [2.75, 3.05) is 0 Å². The van der Waals surface area contributed by atoms with Crippen LogP contribution in [-0.4, -0.2) is 9.55 Å². The average Bonchev–Trinajstić information content (AvgIpc) is 3.66. The van der Waals surface area contributed by atoms with Gasteiger partial charge in [-0.05, 0) is 75.1 Å². The standard InChI is InChI=1S/C43H26N2O/c1-2-12-28(13-3-1)45-38-20-10-8-14-29(38)35-24-27(22-23-39(35)45)42-31-16-4-6-18-33(31)43(34-19-7-5-17-32(34)42)37-25-36-30-15-9-11-21-40(30)46-41(36)26-44-37/h1-26H. The highest BCUT2D eigenvalue weighted by Crippen LogP contribution is 2.45. The molecule has 0 fully saturated rings. The lowest BCUT2D eigenvalue weighted by Gasteiger charge is -2.17. The summed E-state index contributed by atoms with van der Waals surface area (Å²) in [6.07, 6.45) is 1.87. The van der Waals surface area contributed by atoms with E-state index < -0.39 is 0 Å². The summed E-state index contributed by atoms with van der Waals surface area (Å²) in [7, 11) is 0. The lowest BCUT2D eigenvalue weighted by molar-refractivity contribution is 0.667. The van der Waals surface area contributed by atoms with Crippen molar-refractivity contribution in [3.63, 3.8) is 0 Å². The van der Waals surface area contributed by atoms with Crippen molar-refractivity contribution in [1.29, 1.82) is 0 Å². The maximum atomic E-state index is 6.13. The molecular formula is C43H26N2O. The van der Waals surface area contributed by atoms with Gasteiger partial charge in [-0.15, -0.1) is 0 Å². The summed E-state index contributed by atoms with van der Waals surface area (Å²) in [5.41, 5.74) is 9.78. The third-order valence-corrected chi connectivity index (χ3v) is 9.43. The number of nitrogens with zero attached hydrogens (tertiary/aromatic N) is 2. The molecule has 10 rings (SSSR count). The van der Waals surface area contributed by atoms with Gasteiger partial charge in [-0.2, -0.15) is 0 Å². The molecular weight excluding hydrogens is 560 g/mol. The molecule has 0 N–H and O–H groups in total. The highest BCUT2D eigenvalue weighted by Gasteiger charge is 2.20. The topological polar surface area (TPSA) is 31.0 Å². The van der Waals surface area contributed by atoms with Gasteiger partial charge in [-0.1, -0.05) is 109 Å². The van der Waals surface area contributed by atoms with Crippen LogP contribution >= 0.6 is 0 Å². The second-order valence-corrected chi connectivity index (χ2v) is 11.9. The van der Waals surface area contributed by atoms with Gasteiger partial charge in [0.25, 0.3) is 0 Å². The van der Waals surface area contributed by atoms with Gasteiger partial charge in [0, 0.05) is 32.8 Å². The van der Waals surface area contributed by atoms with E-state index in [9.17, 15) is 0 Å². The predicted octanol–water partition coefficient (Wildman–Crippen LogP) is 11.7. The van der Waals surface area contributed by atoms with Crippen LogP contribution in [0.5, 0.6) is 0 Å². The summed E-state index contributed by atoms with van der Waals surface area (Å²) < 4.78 is 8.50. The zero-order chi connectivity index (χ0) is 30.2. The zero-order valence-electron chi connectivity index (χ0n) is 24.8. The van der Waals surface area contributed by atoms with Crippen molar-refractivity contribution in [3.8, 4) is 28.1 Å². The van der Waals surface area contributed by atoms with Gasteiger partial charge in [0.05, 0.1) is 22.9 Å². The van der Waals surface area contributed by atoms with Gasteiger partial charge in [-0.25, -0.2) is 0 Å². The first-order valence-corrected chi connectivity index (χ1v) is 15.6. The average molecular weight is 587 g/mol. The van der Waals surface area contributed by atoms with E-state index in [2.05, 4.69) is 144 Å². The van der Waals surface area contributed by atoms with E-state index in [0.717, 1.165) is 38.9 Å². The van der Waals surface area contributed by atoms with Crippen molar-refractivity contribution in [3.05, 3.63) is 158 Å². The quantitative estimate of drug-likeness (QED) is 0.193. The fourth-order valence-electron chi connectivity index (χ4n) is 7.47. The van der Waals surface area contributed by atoms with E-state index in [0.29, 0.717) is 0 Å². The Hall–Kier alpha value is -6.19. The molecule has 7 aromatic carbocycles. The Labute approximate surface area is 264 Å². The normalized spacial score (nSPS) is 11.9. The highest BCUT2D eigenvalue weighted by atomic mass is 16.3. The smallest absolute Gasteiger partial charge is 0.153 e. The summed E-state index contributed by atoms with van der Waals surface area (Å²) in [6, 6.07) is 54.2. The Morgan fingerprint density at radius 2 is 1.00 bits per heavy atom. The van der Waals surface area contributed by atoms with Crippen LogP contribution in [0.1, 0.15) is 0 Å². The summed E-state index contributed by atoms with van der Waals surface area (Å²) in [5, 5.41) is 9.46. The van der Waals surface area contributed by atoms with Crippen molar-refractivity contribution < 1.29 is 4.42 Å². The Balaban J connectivity index is 1.27. The molecule has 0 spiro atoms. The molecule has 0 bridgehead atoms. The number of furan rings is 1. The minimum Gasteiger partial charge on any atom is -0.454 e. The third kappa shape index (κ3) is 3.57. The van der Waals surface area contributed by atoms with E-state index in [1.807, 2.05) is 18.3 Å². The number of fused-ring (bicyclic) bond motifs is 8. The fourth-order valence-corrected chi connectivity index (χ4v) is 7.47. The van der Waals surface area contributed by atoms with E-state index in [1.165, 1.54) is 54.5 Å². The molecule has 0 atom stereocenters. The van der Waals surface area contributed by atoms with Crippen LogP contribution < -0.4 is 0 Å². The number of pyridine rings is 1. The second-order valence-electron chi connectivity index (χ2n) is 11.9. The molecule has 10 aromatic rings. The molecule has 3 nitrogen and oxygen atoms in total. The molecule has 3 heteroatoms. The summed E-state index contributed by atoms with van der Waals surface area (Å²) in [6.45, 7) is 0. The number of para-hydroxylation sites is 3. The maximum absolute atomic E-state index is 6.13. The van der Waals surface area contributed by atoms with Crippen molar-refractivity contribution in [1.82, 2.24) is 9.55 Å². The molecule has 0 aliphatic carbocycles. The first-order valence-electron chi connectivity index (χ1n) is 15.6. The van der Waals surface area contributed by atoms with Gasteiger partial charge < -0.3 is 8.98 Å². The molecule has 0 aliphatic rings. The molecule has 0 aliphatic heterocycles. The van der Waals surface area contributed by atoms with Crippen molar-refractivity contribution in [2.24, 2.45) is 0 Å². The zero-order valence-corrected chi connectivity index (χ0v) is 24.8. The molecule has 46 heavy (non-hydrogen) atoms. The Bertz CT molecular complexity index is 2750. The van der Waals surface area contributed by atoms with E-state index in [-0.39, 0.29) is 0 Å². The Morgan fingerprint density at radius 1 is 0.413 bits per heavy atom. The van der Waals surface area contributed by atoms with Crippen LogP contribution in [0.3, 0.4) is 0 Å². The Morgan fingerprint density at radius 3 is 1.74 bits per heavy atom. The van der Waals surface area contributed by atoms with E-state index in [1.54, 1.807) is 0 Å². The minimum atomic E-state index is 0.804. The van der Waals surface area contributed by atoms with E-state index in [4.69, 9.17) is 9.40 Å². The van der Waals surface area contributed by atoms with E-state index >= 15 is 0 Å². The van der Waals surface area contributed by atoms with Crippen LogP contribution in [0.25, 0.3) is 93.4 Å². The largest absolute Gasteiger partial charge is 0.454 e. The lowest BCUT2D eigenvalue weighted by Crippen LogP contribution is -1.94. The molecule has 0 unspecified atom stereocenters. The molecule has 214 valence electrons. The third-order valence-electron chi connectivity index (χ3n) is 9.43. The monoisotopic (exact) mass is 586 g/mol. The van der Waals surface area contributed by atoms with Gasteiger partial charge in [-0.3, -0.25) is 4.98 Å². The maximum Gasteiger partial charge on any atom is 0.153 e. The number of hydrogen-bond acceptors (Lipinski definition) is 2. The van der Waals surface area contributed by atoms with Crippen molar-refractivity contribution in [2.45, 2.75) is 0 Å². The Kier molecular flexibility index (Phi) is 5.28. The summed E-state index contributed by atoms with van der Waals surface area (Å²) in [4.78, 5) is 4.99. The van der Waals surface area contributed by atoms with Crippen molar-refractivity contribution >= 4 is 65.3 Å². The molecule has 0 amide bonds. The molecule has 0 saturated heterocycles. The van der Waals surface area contributed by atoms with Gasteiger partial charge >= 0.3 is 0 Å². The first-order chi connectivity index (χ1) is 22.8. The van der Waals surface area contributed by atoms with Crippen LogP contribution in [0.4, 0.5) is 0 Å². The number of benzene rings is 7. The van der Waals surface area contributed by atoms with Crippen LogP contribution in [0, 0.1) is 0 Å². The van der Waals surface area contributed by atoms with Gasteiger partial charge in [0.1, 0.15) is 5.58 Å². The van der Waals surface area contributed by atoms with Gasteiger partial charge in [0.2, 0.25) is 0 Å². The first kappa shape index (κ1) is 25.2. The second kappa shape index (κ2) is 9.65. The van der Waals surface area contributed by atoms with Crippen LogP contribution in [0.15, 0.2) is 162 Å². The number of hydrogen-bond donors (Lipinski definition) is 0. The molecule has 0 radical (unpaired) electrons. The highest BCUT2D eigenvalue weighted by molar-refractivity contribution is 6.22.